The number of ether oxygens (including phenoxy) is 2. The van der Waals surface area contributed by atoms with Crippen molar-refractivity contribution in [1.29, 1.82) is 0 Å². The number of H-pyrrole nitrogens is 1. The summed E-state index contributed by atoms with van der Waals surface area (Å²) in [5.74, 6) is -0.0797. The molecule has 3 heterocycles. The number of nitrogens with one attached hydrogen (secondary N) is 1. The van der Waals surface area contributed by atoms with Gasteiger partial charge in [-0.3, -0.25) is 18.9 Å². The quantitative estimate of drug-likeness (QED) is 0.530. The van der Waals surface area contributed by atoms with Crippen molar-refractivity contribution in [3.63, 3.8) is 0 Å². The number of nitrogens with zero attached hydrogens (tertiary/aromatic N) is 3. The lowest BCUT2D eigenvalue weighted by Crippen LogP contribution is -2.20. The molecule has 0 aliphatic carbocycles. The van der Waals surface area contributed by atoms with Gasteiger partial charge in [0.05, 0.1) is 19.5 Å². The number of hydrogen-bond donors (Lipinski definition) is 3. The van der Waals surface area contributed by atoms with E-state index in [9.17, 15) is 14.5 Å². The smallest absolute Gasteiger partial charge is 0.356 e. The van der Waals surface area contributed by atoms with Gasteiger partial charge in [0.2, 0.25) is 5.95 Å². The molecule has 0 amide bonds. The second-order valence-corrected chi connectivity index (χ2v) is 7.77. The van der Waals surface area contributed by atoms with Gasteiger partial charge in [0.25, 0.3) is 5.56 Å². The third-order valence-corrected chi connectivity index (χ3v) is 5.62. The number of fused-ring (bicyclic) bond motifs is 1. The molecule has 12 nitrogen and oxygen atoms in total. The van der Waals surface area contributed by atoms with Crippen LogP contribution in [-0.2, 0) is 23.1 Å². The molecule has 3 atom stereocenters. The van der Waals surface area contributed by atoms with Crippen LogP contribution < -0.4 is 11.3 Å². The highest BCUT2D eigenvalue weighted by Crippen LogP contribution is 2.48. The van der Waals surface area contributed by atoms with Crippen LogP contribution in [-0.4, -0.2) is 56.6 Å². The molecule has 0 saturated carbocycles. The molecule has 0 aromatic carbocycles. The summed E-state index contributed by atoms with van der Waals surface area (Å²) in [6.07, 6.45) is -1.58. The van der Waals surface area contributed by atoms with E-state index in [1.807, 2.05) is 0 Å². The van der Waals surface area contributed by atoms with Gasteiger partial charge in [-0.05, 0) is 13.8 Å². The largest absolute Gasteiger partial charge is 0.388 e. The molecule has 0 bridgehead atoms. The summed E-state index contributed by atoms with van der Waals surface area (Å²) in [5, 5.41) is 10.3. The number of aromatic nitrogens is 4. The Morgan fingerprint density at radius 2 is 2.15 bits per heavy atom. The predicted octanol–water partition coefficient (Wildman–Crippen LogP) is 0.548. The highest BCUT2D eigenvalue weighted by Gasteiger charge is 2.38. The van der Waals surface area contributed by atoms with Gasteiger partial charge in [0.1, 0.15) is 6.10 Å². The standard InChI is InChI=1S/C14H22N5O7P/c1-3-24-27(22,25-4-2)7-23-9-5-8(20)13(26-9)19-6-16-10-11(19)17-14(15)18-12(10)21/h6,8-9,13,20H,3-5,7H2,1-2H3,(H3,15,17,18,21)/t8?,9-,13+/m0/s1. The lowest BCUT2D eigenvalue weighted by Gasteiger charge is -2.20. The van der Waals surface area contributed by atoms with Crippen molar-refractivity contribution in [3.8, 4) is 0 Å². The van der Waals surface area contributed by atoms with Gasteiger partial charge in [-0.25, -0.2) is 4.98 Å². The Kier molecular flexibility index (Phi) is 5.94. The Morgan fingerprint density at radius 3 is 2.81 bits per heavy atom. The van der Waals surface area contributed by atoms with Crippen LogP contribution in [0.1, 0.15) is 26.5 Å². The number of hydrogen-bond acceptors (Lipinski definition) is 10. The van der Waals surface area contributed by atoms with Gasteiger partial charge in [-0.2, -0.15) is 4.98 Å². The number of nitrogens with two attached hydrogens (primary N) is 1. The van der Waals surface area contributed by atoms with E-state index in [1.165, 1.54) is 10.9 Å². The Morgan fingerprint density at radius 1 is 1.44 bits per heavy atom. The molecule has 2 aromatic heterocycles. The Hall–Kier alpha value is -1.82. The van der Waals surface area contributed by atoms with Crippen molar-refractivity contribution >= 4 is 24.7 Å². The lowest BCUT2D eigenvalue weighted by atomic mass is 10.2. The second-order valence-electron chi connectivity index (χ2n) is 5.78. The van der Waals surface area contributed by atoms with E-state index in [0.717, 1.165) is 0 Å². The van der Waals surface area contributed by atoms with Crippen LogP contribution in [0.4, 0.5) is 5.95 Å². The van der Waals surface area contributed by atoms with E-state index < -0.39 is 31.8 Å². The first-order valence-electron chi connectivity index (χ1n) is 8.42. The van der Waals surface area contributed by atoms with Gasteiger partial charge in [-0.1, -0.05) is 0 Å². The molecular formula is C14H22N5O7P. The molecule has 4 N–H and O–H groups in total. The third-order valence-electron chi connectivity index (χ3n) is 3.85. The van der Waals surface area contributed by atoms with Crippen LogP contribution >= 0.6 is 7.60 Å². The second kappa shape index (κ2) is 8.05. The zero-order valence-corrected chi connectivity index (χ0v) is 15.8. The van der Waals surface area contributed by atoms with Gasteiger partial charge in [-0.15, -0.1) is 0 Å². The molecule has 27 heavy (non-hydrogen) atoms. The van der Waals surface area contributed by atoms with Crippen molar-refractivity contribution in [3.05, 3.63) is 16.7 Å². The van der Waals surface area contributed by atoms with Crippen LogP contribution in [0.25, 0.3) is 11.2 Å². The van der Waals surface area contributed by atoms with Gasteiger partial charge in [0.15, 0.2) is 30.0 Å². The molecule has 1 unspecified atom stereocenters. The maximum Gasteiger partial charge on any atom is 0.356 e. The molecule has 1 aliphatic heterocycles. The number of imidazole rings is 1. The number of aliphatic hydroxyl groups excluding tert-OH is 1. The maximum absolute atomic E-state index is 12.4. The SMILES string of the molecule is CCOP(=O)(CO[C@@H]1CC(O)[C@H](n2cnc3c(=O)[nH]c(N)nc32)O1)OCC. The molecule has 0 radical (unpaired) electrons. The Balaban J connectivity index is 1.74. The summed E-state index contributed by atoms with van der Waals surface area (Å²) >= 11 is 0. The lowest BCUT2D eigenvalue weighted by molar-refractivity contribution is -0.146. The summed E-state index contributed by atoms with van der Waals surface area (Å²) < 4.78 is 35.3. The first kappa shape index (κ1) is 19.9. The van der Waals surface area contributed by atoms with Crippen molar-refractivity contribution in [1.82, 2.24) is 19.5 Å². The minimum absolute atomic E-state index is 0.0709. The zero-order valence-electron chi connectivity index (χ0n) is 14.9. The minimum atomic E-state index is -3.40. The summed E-state index contributed by atoms with van der Waals surface area (Å²) in [6.45, 7) is 3.81. The molecule has 2 aromatic rings. The van der Waals surface area contributed by atoms with Crippen LogP contribution in [0.3, 0.4) is 0 Å². The molecule has 13 heteroatoms. The van der Waals surface area contributed by atoms with Crippen LogP contribution in [0.2, 0.25) is 0 Å². The average molecular weight is 403 g/mol. The van der Waals surface area contributed by atoms with Crippen LogP contribution in [0, 0.1) is 0 Å². The number of aromatic amines is 1. The fraction of sp³-hybridized carbons (Fsp3) is 0.643. The van der Waals surface area contributed by atoms with Gasteiger partial charge < -0.3 is 29.4 Å². The topological polar surface area (TPSA) is 164 Å². The highest BCUT2D eigenvalue weighted by atomic mass is 31.2. The Labute approximate surface area is 154 Å². The molecule has 1 aliphatic rings. The molecule has 150 valence electrons. The summed E-state index contributed by atoms with van der Waals surface area (Å²) in [4.78, 5) is 22.2. The molecule has 1 saturated heterocycles. The molecule has 0 spiro atoms. The predicted molar refractivity (Wildman–Crippen MR) is 93.9 cm³/mol. The highest BCUT2D eigenvalue weighted by molar-refractivity contribution is 7.53. The summed E-state index contributed by atoms with van der Waals surface area (Å²) in [5.41, 5.74) is 5.32. The van der Waals surface area contributed by atoms with Gasteiger partial charge in [0, 0.05) is 6.42 Å². The number of aliphatic hydroxyl groups is 1. The minimum Gasteiger partial charge on any atom is -0.388 e. The number of anilines is 1. The van der Waals surface area contributed by atoms with E-state index in [-0.39, 0.29) is 43.1 Å². The Bertz CT molecular complexity index is 890. The fourth-order valence-electron chi connectivity index (χ4n) is 2.78. The average Bonchev–Trinajstić information content (AvgIpc) is 3.17. The van der Waals surface area contributed by atoms with E-state index >= 15 is 0 Å². The van der Waals surface area contributed by atoms with E-state index in [4.69, 9.17) is 24.3 Å². The number of nitrogen functional groups attached to an aromatic ring is 1. The van der Waals surface area contributed by atoms with Crippen molar-refractivity contribution < 1.29 is 28.2 Å². The van der Waals surface area contributed by atoms with Crippen molar-refractivity contribution in [2.24, 2.45) is 0 Å². The van der Waals surface area contributed by atoms with Crippen molar-refractivity contribution in [2.75, 3.05) is 25.3 Å². The molecular weight excluding hydrogens is 381 g/mol. The normalized spacial score (nSPS) is 23.3. The first-order chi connectivity index (χ1) is 12.9. The number of rotatable bonds is 8. The van der Waals surface area contributed by atoms with E-state index in [1.54, 1.807) is 13.8 Å². The van der Waals surface area contributed by atoms with Crippen molar-refractivity contribution in [2.45, 2.75) is 38.9 Å². The molecule has 3 rings (SSSR count). The molecule has 1 fully saturated rings. The first-order valence-corrected chi connectivity index (χ1v) is 10.1. The van der Waals surface area contributed by atoms with Crippen LogP contribution in [0.5, 0.6) is 0 Å². The van der Waals surface area contributed by atoms with E-state index in [2.05, 4.69) is 15.0 Å². The van der Waals surface area contributed by atoms with Crippen LogP contribution in [0.15, 0.2) is 11.1 Å². The van der Waals surface area contributed by atoms with E-state index in [0.29, 0.717) is 0 Å². The third kappa shape index (κ3) is 4.21. The fourth-order valence-corrected chi connectivity index (χ4v) is 4.14. The zero-order chi connectivity index (χ0) is 19.6. The summed E-state index contributed by atoms with van der Waals surface area (Å²) in [6, 6.07) is 0. The maximum atomic E-state index is 12.4. The summed E-state index contributed by atoms with van der Waals surface area (Å²) in [7, 11) is -3.40. The monoisotopic (exact) mass is 403 g/mol. The van der Waals surface area contributed by atoms with Gasteiger partial charge >= 0.3 is 7.60 Å².